The molecule has 1 aliphatic heterocycles. The van der Waals surface area contributed by atoms with Crippen LogP contribution in [0.1, 0.15) is 26.3 Å². The van der Waals surface area contributed by atoms with Crippen molar-refractivity contribution < 1.29 is 43.3 Å². The molecule has 1 fully saturated rings. The summed E-state index contributed by atoms with van der Waals surface area (Å²) in [6.45, 7) is 4.14. The third-order valence-corrected chi connectivity index (χ3v) is 5.09. The summed E-state index contributed by atoms with van der Waals surface area (Å²) in [7, 11) is 2.57. The first-order chi connectivity index (χ1) is 16.4. The fourth-order valence-corrected chi connectivity index (χ4v) is 3.52. The normalized spacial score (nSPS) is 16.8. The number of nitrogens with one attached hydrogen (secondary N) is 1. The average molecular weight is 494 g/mol. The number of carbonyl (C=O) groups excluding carboxylic acids is 4. The van der Waals surface area contributed by atoms with E-state index in [0.29, 0.717) is 11.3 Å². The number of methoxy groups -OCH3 is 2. The number of nitrogens with zero attached hydrogens (tertiary/aromatic N) is 2. The topological polar surface area (TPSA) is 152 Å². The molecule has 0 spiro atoms. The lowest BCUT2D eigenvalue weighted by molar-refractivity contribution is -0.167. The summed E-state index contributed by atoms with van der Waals surface area (Å²) < 4.78 is 15.1. The smallest absolute Gasteiger partial charge is 0.408 e. The van der Waals surface area contributed by atoms with Crippen LogP contribution in [0.5, 0.6) is 5.75 Å². The third-order valence-electron chi connectivity index (χ3n) is 5.09. The van der Waals surface area contributed by atoms with Gasteiger partial charge in [-0.3, -0.25) is 14.4 Å². The van der Waals surface area contributed by atoms with Crippen molar-refractivity contribution >= 4 is 29.8 Å². The van der Waals surface area contributed by atoms with Crippen LogP contribution in [-0.2, 0) is 35.1 Å². The maximum Gasteiger partial charge on any atom is 0.408 e. The molecule has 12 nitrogen and oxygen atoms in total. The maximum atomic E-state index is 13.6. The van der Waals surface area contributed by atoms with E-state index in [1.807, 2.05) is 0 Å². The molecule has 0 unspecified atom stereocenters. The van der Waals surface area contributed by atoms with Crippen molar-refractivity contribution in [1.29, 1.82) is 0 Å². The molecule has 1 aromatic rings. The quantitative estimate of drug-likeness (QED) is 0.388. The molecule has 0 aromatic heterocycles. The number of ether oxygens (including phenoxy) is 3. The highest BCUT2D eigenvalue weighted by atomic mass is 16.6. The minimum atomic E-state index is -1.68. The fourth-order valence-electron chi connectivity index (χ4n) is 3.52. The average Bonchev–Trinajstić information content (AvgIpc) is 2.77. The van der Waals surface area contributed by atoms with Crippen LogP contribution in [0.2, 0.25) is 0 Å². The van der Waals surface area contributed by atoms with Gasteiger partial charge in [0.15, 0.2) is 0 Å². The SMILES string of the molecule is COC(=O)[C@@H]1C(=O)N(CC(=O)O)CCN1C(=O)[C@H](Cc1ccc(OC)cc1)NC(=O)OC(C)(C)C. The summed E-state index contributed by atoms with van der Waals surface area (Å²) in [6.07, 6.45) is -0.825. The summed E-state index contributed by atoms with van der Waals surface area (Å²) in [5, 5.41) is 11.6. The number of carboxylic acid groups (broad SMARTS) is 1. The van der Waals surface area contributed by atoms with Crippen LogP contribution in [0, 0.1) is 0 Å². The van der Waals surface area contributed by atoms with Gasteiger partial charge in [-0.2, -0.15) is 0 Å². The van der Waals surface area contributed by atoms with E-state index in [-0.39, 0.29) is 19.5 Å². The number of benzene rings is 1. The number of amides is 3. The first-order valence-corrected chi connectivity index (χ1v) is 10.9. The highest BCUT2D eigenvalue weighted by molar-refractivity contribution is 6.06. The molecule has 0 aliphatic carbocycles. The monoisotopic (exact) mass is 493 g/mol. The van der Waals surface area contributed by atoms with Crippen LogP contribution in [0.15, 0.2) is 24.3 Å². The molecule has 2 N–H and O–H groups in total. The van der Waals surface area contributed by atoms with Gasteiger partial charge in [-0.05, 0) is 38.5 Å². The number of carboxylic acids is 1. The van der Waals surface area contributed by atoms with Crippen molar-refractivity contribution in [3.05, 3.63) is 29.8 Å². The van der Waals surface area contributed by atoms with Gasteiger partial charge >= 0.3 is 18.0 Å². The highest BCUT2D eigenvalue weighted by Crippen LogP contribution is 2.18. The summed E-state index contributed by atoms with van der Waals surface area (Å²) >= 11 is 0. The zero-order chi connectivity index (χ0) is 26.3. The van der Waals surface area contributed by atoms with E-state index in [9.17, 15) is 24.0 Å². The summed E-state index contributed by atoms with van der Waals surface area (Å²) in [5.41, 5.74) is -0.157. The molecule has 3 amide bonds. The second-order valence-corrected chi connectivity index (χ2v) is 8.86. The van der Waals surface area contributed by atoms with Crippen LogP contribution in [0.25, 0.3) is 0 Å². The van der Waals surface area contributed by atoms with Crippen LogP contribution in [-0.4, -0.2) is 96.3 Å². The molecule has 0 bridgehead atoms. The molecule has 1 aliphatic rings. The number of hydrogen-bond donors (Lipinski definition) is 2. The predicted molar refractivity (Wildman–Crippen MR) is 122 cm³/mol. The van der Waals surface area contributed by atoms with Crippen LogP contribution in [0.4, 0.5) is 4.79 Å². The summed E-state index contributed by atoms with van der Waals surface area (Å²) in [5.74, 6) is -3.27. The Morgan fingerprint density at radius 1 is 1.11 bits per heavy atom. The molecule has 1 aromatic carbocycles. The van der Waals surface area contributed by atoms with E-state index in [4.69, 9.17) is 19.3 Å². The standard InChI is InChI=1S/C23H31N3O9/c1-23(2,3)35-22(32)24-16(12-14-6-8-15(33-4)9-7-14)19(29)26-11-10-25(13-17(27)28)20(30)18(26)21(31)34-5/h6-9,16,18H,10-13H2,1-5H3,(H,24,32)(H,27,28)/t16-,18-/m0/s1. The number of hydrogen-bond acceptors (Lipinski definition) is 8. The second kappa shape index (κ2) is 11.5. The number of piperazine rings is 1. The third kappa shape index (κ3) is 7.59. The molecule has 35 heavy (non-hydrogen) atoms. The van der Waals surface area contributed by atoms with Crippen molar-refractivity contribution in [3.63, 3.8) is 0 Å². The molecular formula is C23H31N3O9. The molecular weight excluding hydrogens is 462 g/mol. The molecule has 2 rings (SSSR count). The Labute approximate surface area is 203 Å². The van der Waals surface area contributed by atoms with Crippen molar-refractivity contribution in [1.82, 2.24) is 15.1 Å². The van der Waals surface area contributed by atoms with Crippen LogP contribution >= 0.6 is 0 Å². The zero-order valence-corrected chi connectivity index (χ0v) is 20.4. The van der Waals surface area contributed by atoms with Gasteiger partial charge in [0.05, 0.1) is 14.2 Å². The van der Waals surface area contributed by atoms with Gasteiger partial charge < -0.3 is 34.4 Å². The zero-order valence-electron chi connectivity index (χ0n) is 20.4. The Kier molecular flexibility index (Phi) is 9.04. The van der Waals surface area contributed by atoms with Gasteiger partial charge in [-0.25, -0.2) is 9.59 Å². The minimum Gasteiger partial charge on any atom is -0.497 e. The number of alkyl carbamates (subject to hydrolysis) is 1. The first kappa shape index (κ1) is 27.4. The molecule has 2 atom stereocenters. The number of carbonyl (C=O) groups is 5. The Morgan fingerprint density at radius 3 is 2.26 bits per heavy atom. The Hall–Kier alpha value is -3.83. The van der Waals surface area contributed by atoms with E-state index >= 15 is 0 Å². The largest absolute Gasteiger partial charge is 0.497 e. The van der Waals surface area contributed by atoms with Crippen molar-refractivity contribution in [2.45, 2.75) is 44.9 Å². The molecule has 0 saturated carbocycles. The second-order valence-electron chi connectivity index (χ2n) is 8.86. The van der Waals surface area contributed by atoms with Gasteiger partial charge in [-0.15, -0.1) is 0 Å². The van der Waals surface area contributed by atoms with Crippen LogP contribution in [0.3, 0.4) is 0 Å². The van der Waals surface area contributed by atoms with E-state index in [2.05, 4.69) is 5.32 Å². The Balaban J connectivity index is 2.35. The van der Waals surface area contributed by atoms with Crippen molar-refractivity contribution in [2.24, 2.45) is 0 Å². The summed E-state index contributed by atoms with van der Waals surface area (Å²) in [4.78, 5) is 64.5. The van der Waals surface area contributed by atoms with Crippen LogP contribution < -0.4 is 10.1 Å². The number of rotatable bonds is 8. The Bertz CT molecular complexity index is 956. The van der Waals surface area contributed by atoms with E-state index in [1.54, 1.807) is 45.0 Å². The van der Waals surface area contributed by atoms with Gasteiger partial charge in [0.25, 0.3) is 5.91 Å². The lowest BCUT2D eigenvalue weighted by Gasteiger charge is -2.40. The molecule has 0 radical (unpaired) electrons. The van der Waals surface area contributed by atoms with Crippen molar-refractivity contribution in [3.8, 4) is 5.75 Å². The lowest BCUT2D eigenvalue weighted by Crippen LogP contribution is -2.65. The van der Waals surface area contributed by atoms with Gasteiger partial charge in [0, 0.05) is 19.5 Å². The predicted octanol–water partition coefficient (Wildman–Crippen LogP) is 0.428. The van der Waals surface area contributed by atoms with E-state index in [1.165, 1.54) is 7.11 Å². The summed E-state index contributed by atoms with van der Waals surface area (Å²) in [6, 6.07) is 3.93. The van der Waals surface area contributed by atoms with E-state index in [0.717, 1.165) is 16.9 Å². The van der Waals surface area contributed by atoms with Gasteiger partial charge in [0.2, 0.25) is 11.9 Å². The van der Waals surface area contributed by atoms with Gasteiger partial charge in [0.1, 0.15) is 23.9 Å². The first-order valence-electron chi connectivity index (χ1n) is 10.9. The molecule has 1 heterocycles. The maximum absolute atomic E-state index is 13.6. The minimum absolute atomic E-state index is 0.0273. The van der Waals surface area contributed by atoms with E-state index < -0.39 is 54.1 Å². The number of aliphatic carboxylic acids is 1. The Morgan fingerprint density at radius 2 is 1.74 bits per heavy atom. The number of esters is 1. The molecule has 12 heteroatoms. The fraction of sp³-hybridized carbons (Fsp3) is 0.522. The molecule has 192 valence electrons. The van der Waals surface area contributed by atoms with Crippen molar-refractivity contribution in [2.75, 3.05) is 33.9 Å². The lowest BCUT2D eigenvalue weighted by atomic mass is 10.0. The molecule has 1 saturated heterocycles. The van der Waals surface area contributed by atoms with Gasteiger partial charge in [-0.1, -0.05) is 12.1 Å². The highest BCUT2D eigenvalue weighted by Gasteiger charge is 2.45.